The third-order valence-electron chi connectivity index (χ3n) is 3.72. The third-order valence-corrected chi connectivity index (χ3v) is 4.94. The summed E-state index contributed by atoms with van der Waals surface area (Å²) in [4.78, 5) is 17.6. The van der Waals surface area contributed by atoms with Gasteiger partial charge in [-0.2, -0.15) is 8.78 Å². The van der Waals surface area contributed by atoms with Crippen molar-refractivity contribution >= 4 is 17.2 Å². The lowest BCUT2D eigenvalue weighted by Gasteiger charge is -2.15. The van der Waals surface area contributed by atoms with Gasteiger partial charge in [0.2, 0.25) is 0 Å². The maximum absolute atomic E-state index is 12.5. The van der Waals surface area contributed by atoms with Gasteiger partial charge in [-0.05, 0) is 44.4 Å². The Labute approximate surface area is 150 Å². The maximum atomic E-state index is 12.5. The van der Waals surface area contributed by atoms with E-state index in [9.17, 15) is 13.6 Å². The maximum Gasteiger partial charge on any atom is 0.387 e. The Kier molecular flexibility index (Phi) is 6.87. The highest BCUT2D eigenvalue weighted by atomic mass is 32.1. The Balaban J connectivity index is 2.06. The van der Waals surface area contributed by atoms with Crippen molar-refractivity contribution in [1.82, 2.24) is 10.3 Å². The number of unbranched alkanes of at least 4 members (excludes halogenated alkanes) is 1. The van der Waals surface area contributed by atoms with Gasteiger partial charge < -0.3 is 10.1 Å². The number of thiazole rings is 1. The Morgan fingerprint density at radius 1 is 1.40 bits per heavy atom. The molecule has 1 aromatic heterocycles. The van der Waals surface area contributed by atoms with Gasteiger partial charge in [-0.15, -0.1) is 11.3 Å². The second kappa shape index (κ2) is 8.89. The number of aromatic nitrogens is 1. The van der Waals surface area contributed by atoms with Gasteiger partial charge in [0.05, 0.1) is 16.7 Å². The summed E-state index contributed by atoms with van der Waals surface area (Å²) in [6.45, 7) is 2.86. The number of rotatable bonds is 8. The summed E-state index contributed by atoms with van der Waals surface area (Å²) >= 11 is 1.41. The standard InChI is InChI=1S/C18H22F2N2O2S/c1-4-5-9-15-21-12(3)16(25-15)17(23)22-11(2)13-7-6-8-14(10-13)24-18(19)20/h6-8,10-11,18H,4-5,9H2,1-3H3,(H,22,23). The van der Waals surface area contributed by atoms with Crippen LogP contribution in [0.4, 0.5) is 8.78 Å². The predicted octanol–water partition coefficient (Wildman–Crippen LogP) is 4.89. The SMILES string of the molecule is CCCCc1nc(C)c(C(=O)NC(C)c2cccc(OC(F)F)c2)s1. The number of hydrogen-bond donors (Lipinski definition) is 1. The molecule has 2 rings (SSSR count). The minimum absolute atomic E-state index is 0.0735. The van der Waals surface area contributed by atoms with Crippen LogP contribution in [0.2, 0.25) is 0 Å². The van der Waals surface area contributed by atoms with Crippen molar-refractivity contribution in [3.63, 3.8) is 0 Å². The molecule has 136 valence electrons. The molecular weight excluding hydrogens is 346 g/mol. The molecule has 0 bridgehead atoms. The predicted molar refractivity (Wildman–Crippen MR) is 94.4 cm³/mol. The van der Waals surface area contributed by atoms with Crippen LogP contribution in [-0.4, -0.2) is 17.5 Å². The molecule has 0 saturated heterocycles. The number of nitrogens with one attached hydrogen (secondary N) is 1. The van der Waals surface area contributed by atoms with Crippen molar-refractivity contribution in [1.29, 1.82) is 0 Å². The number of nitrogens with zero attached hydrogens (tertiary/aromatic N) is 1. The molecule has 2 aromatic rings. The molecule has 0 aliphatic heterocycles. The molecule has 0 radical (unpaired) electrons. The van der Waals surface area contributed by atoms with Crippen molar-refractivity contribution in [3.05, 3.63) is 45.4 Å². The average Bonchev–Trinajstić information content (AvgIpc) is 2.93. The molecule has 0 aliphatic carbocycles. The lowest BCUT2D eigenvalue weighted by molar-refractivity contribution is -0.0499. The molecule has 1 amide bonds. The summed E-state index contributed by atoms with van der Waals surface area (Å²) in [5.74, 6) is -0.130. The van der Waals surface area contributed by atoms with E-state index in [0.29, 0.717) is 10.4 Å². The van der Waals surface area contributed by atoms with E-state index in [1.165, 1.54) is 23.5 Å². The van der Waals surface area contributed by atoms with E-state index in [2.05, 4.69) is 22.0 Å². The van der Waals surface area contributed by atoms with Crippen molar-refractivity contribution in [2.24, 2.45) is 0 Å². The summed E-state index contributed by atoms with van der Waals surface area (Å²) in [6.07, 6.45) is 2.99. The van der Waals surface area contributed by atoms with Gasteiger partial charge >= 0.3 is 6.61 Å². The lowest BCUT2D eigenvalue weighted by atomic mass is 10.1. The number of aryl methyl sites for hydroxylation is 2. The van der Waals surface area contributed by atoms with Gasteiger partial charge in [-0.25, -0.2) is 4.98 Å². The summed E-state index contributed by atoms with van der Waals surface area (Å²) in [6, 6.07) is 6.00. The molecule has 1 unspecified atom stereocenters. The molecule has 7 heteroatoms. The number of halogens is 2. The number of alkyl halides is 2. The van der Waals surface area contributed by atoms with Gasteiger partial charge in [-0.1, -0.05) is 25.5 Å². The molecule has 0 saturated carbocycles. The Morgan fingerprint density at radius 2 is 2.16 bits per heavy atom. The zero-order chi connectivity index (χ0) is 18.4. The zero-order valence-corrected chi connectivity index (χ0v) is 15.3. The molecular formula is C18H22F2N2O2S. The summed E-state index contributed by atoms with van der Waals surface area (Å²) in [7, 11) is 0. The van der Waals surface area contributed by atoms with E-state index in [4.69, 9.17) is 0 Å². The topological polar surface area (TPSA) is 51.2 Å². The van der Waals surface area contributed by atoms with Gasteiger partial charge in [0.25, 0.3) is 5.91 Å². The van der Waals surface area contributed by atoms with E-state index in [-0.39, 0.29) is 17.7 Å². The summed E-state index contributed by atoms with van der Waals surface area (Å²) in [5, 5.41) is 3.85. The van der Waals surface area contributed by atoms with Crippen LogP contribution in [0.25, 0.3) is 0 Å². The smallest absolute Gasteiger partial charge is 0.387 e. The van der Waals surface area contributed by atoms with Crippen LogP contribution in [0.3, 0.4) is 0 Å². The van der Waals surface area contributed by atoms with Crippen LogP contribution in [0, 0.1) is 6.92 Å². The number of benzene rings is 1. The van der Waals surface area contributed by atoms with Crippen LogP contribution in [0.5, 0.6) is 5.75 Å². The fourth-order valence-electron chi connectivity index (χ4n) is 2.40. The van der Waals surface area contributed by atoms with Crippen LogP contribution in [0.15, 0.2) is 24.3 Å². The molecule has 1 N–H and O–H groups in total. The Morgan fingerprint density at radius 3 is 2.84 bits per heavy atom. The van der Waals surface area contributed by atoms with Gasteiger partial charge in [0.1, 0.15) is 10.6 Å². The monoisotopic (exact) mass is 368 g/mol. The second-order valence-electron chi connectivity index (χ2n) is 5.77. The molecule has 1 heterocycles. The van der Waals surface area contributed by atoms with Crippen LogP contribution in [0.1, 0.15) is 58.7 Å². The van der Waals surface area contributed by atoms with Gasteiger partial charge in [0, 0.05) is 0 Å². The minimum atomic E-state index is -2.87. The van der Waals surface area contributed by atoms with Gasteiger partial charge in [0.15, 0.2) is 0 Å². The van der Waals surface area contributed by atoms with E-state index in [1.807, 2.05) is 6.92 Å². The number of carbonyl (C=O) groups is 1. The highest BCUT2D eigenvalue weighted by molar-refractivity contribution is 7.13. The molecule has 0 aliphatic rings. The van der Waals surface area contributed by atoms with E-state index in [0.717, 1.165) is 30.0 Å². The molecule has 0 fully saturated rings. The van der Waals surface area contributed by atoms with Crippen LogP contribution < -0.4 is 10.1 Å². The highest BCUT2D eigenvalue weighted by Crippen LogP contribution is 2.23. The molecule has 25 heavy (non-hydrogen) atoms. The largest absolute Gasteiger partial charge is 0.435 e. The Hall–Kier alpha value is -2.02. The highest BCUT2D eigenvalue weighted by Gasteiger charge is 2.18. The van der Waals surface area contributed by atoms with Crippen molar-refractivity contribution < 1.29 is 18.3 Å². The zero-order valence-electron chi connectivity index (χ0n) is 14.5. The fraction of sp³-hybridized carbons (Fsp3) is 0.444. The van der Waals surface area contributed by atoms with E-state index < -0.39 is 6.61 Å². The molecule has 1 aromatic carbocycles. The first kappa shape index (κ1) is 19.3. The number of ether oxygens (including phenoxy) is 1. The first-order valence-electron chi connectivity index (χ1n) is 8.22. The fourth-order valence-corrected chi connectivity index (χ4v) is 3.41. The first-order valence-corrected chi connectivity index (χ1v) is 9.04. The number of amides is 1. The van der Waals surface area contributed by atoms with Crippen molar-refractivity contribution in [3.8, 4) is 5.75 Å². The molecule has 4 nitrogen and oxygen atoms in total. The normalized spacial score (nSPS) is 12.2. The molecule has 0 spiro atoms. The summed E-state index contributed by atoms with van der Waals surface area (Å²) in [5.41, 5.74) is 1.41. The number of hydrogen-bond acceptors (Lipinski definition) is 4. The molecule has 1 atom stereocenters. The number of carbonyl (C=O) groups excluding carboxylic acids is 1. The first-order chi connectivity index (χ1) is 11.9. The van der Waals surface area contributed by atoms with Crippen molar-refractivity contribution in [2.75, 3.05) is 0 Å². The summed E-state index contributed by atoms with van der Waals surface area (Å²) < 4.78 is 29.0. The van der Waals surface area contributed by atoms with E-state index >= 15 is 0 Å². The Bertz CT molecular complexity index is 719. The minimum Gasteiger partial charge on any atom is -0.435 e. The third kappa shape index (κ3) is 5.49. The lowest BCUT2D eigenvalue weighted by Crippen LogP contribution is -2.26. The van der Waals surface area contributed by atoms with E-state index in [1.54, 1.807) is 19.1 Å². The van der Waals surface area contributed by atoms with Crippen LogP contribution in [-0.2, 0) is 6.42 Å². The second-order valence-corrected chi connectivity index (χ2v) is 6.86. The van der Waals surface area contributed by atoms with Crippen LogP contribution >= 0.6 is 11.3 Å². The van der Waals surface area contributed by atoms with Gasteiger partial charge in [-0.3, -0.25) is 4.79 Å². The van der Waals surface area contributed by atoms with Crippen molar-refractivity contribution in [2.45, 2.75) is 52.7 Å². The average molecular weight is 368 g/mol. The quantitative estimate of drug-likeness (QED) is 0.722.